The van der Waals surface area contributed by atoms with Gasteiger partial charge in [0.1, 0.15) is 0 Å². The van der Waals surface area contributed by atoms with Crippen molar-refractivity contribution in [3.63, 3.8) is 0 Å². The molecule has 0 fully saturated rings. The zero-order valence-corrected chi connectivity index (χ0v) is 16.7. The summed E-state index contributed by atoms with van der Waals surface area (Å²) in [6.45, 7) is 2.37. The van der Waals surface area contributed by atoms with Crippen LogP contribution in [0.1, 0.15) is 27.4 Å². The number of aryl methyl sites for hydroxylation is 2. The van der Waals surface area contributed by atoms with Gasteiger partial charge in [-0.3, -0.25) is 9.48 Å². The highest BCUT2D eigenvalue weighted by Crippen LogP contribution is 2.32. The van der Waals surface area contributed by atoms with Gasteiger partial charge < -0.3 is 4.90 Å². The molecule has 1 aromatic carbocycles. The van der Waals surface area contributed by atoms with E-state index in [1.165, 1.54) is 9.20 Å². The van der Waals surface area contributed by atoms with E-state index in [9.17, 15) is 18.0 Å². The van der Waals surface area contributed by atoms with Crippen molar-refractivity contribution >= 4 is 11.6 Å². The second kappa shape index (κ2) is 6.93. The summed E-state index contributed by atoms with van der Waals surface area (Å²) in [5.41, 5.74) is 3.67. The Kier molecular flexibility index (Phi) is 4.31. The van der Waals surface area contributed by atoms with Gasteiger partial charge >= 0.3 is 0 Å². The summed E-state index contributed by atoms with van der Waals surface area (Å²) in [7, 11) is 1.65. The second-order valence-corrected chi connectivity index (χ2v) is 7.47. The lowest BCUT2D eigenvalue weighted by molar-refractivity contribution is 0.0723. The van der Waals surface area contributed by atoms with Crippen molar-refractivity contribution in [1.29, 1.82) is 0 Å². The molecule has 0 unspecified atom stereocenters. The maximum Gasteiger partial charge on any atom is 0.274 e. The molecule has 0 saturated carbocycles. The Morgan fingerprint density at radius 1 is 1.16 bits per heavy atom. The van der Waals surface area contributed by atoms with Crippen molar-refractivity contribution < 1.29 is 18.0 Å². The molecule has 1 aliphatic rings. The summed E-state index contributed by atoms with van der Waals surface area (Å²) in [5.74, 6) is -4.24. The van der Waals surface area contributed by atoms with Crippen molar-refractivity contribution in [3.05, 3.63) is 70.6 Å². The smallest absolute Gasteiger partial charge is 0.274 e. The van der Waals surface area contributed by atoms with Crippen LogP contribution in [0.3, 0.4) is 0 Å². The van der Waals surface area contributed by atoms with Crippen LogP contribution in [0.15, 0.2) is 30.5 Å². The Morgan fingerprint density at radius 3 is 2.65 bits per heavy atom. The number of fused-ring (bicyclic) bond motifs is 2. The van der Waals surface area contributed by atoms with Gasteiger partial charge in [0, 0.05) is 30.9 Å². The first kappa shape index (κ1) is 19.3. The van der Waals surface area contributed by atoms with Crippen LogP contribution in [0.2, 0.25) is 0 Å². The number of amides is 1. The van der Waals surface area contributed by atoms with Crippen LogP contribution < -0.4 is 0 Å². The van der Waals surface area contributed by atoms with Gasteiger partial charge in [0.05, 0.1) is 23.6 Å². The highest BCUT2D eigenvalue weighted by Gasteiger charge is 2.30. The SMILES string of the molecule is Cc1nc2cccnn2c1C(=O)N1CCc2c(nn(C)c2-c2cc(F)c(F)c(F)c2)C1. The summed E-state index contributed by atoms with van der Waals surface area (Å²) in [6.07, 6.45) is 2.03. The highest BCUT2D eigenvalue weighted by atomic mass is 19.2. The number of carbonyl (C=O) groups is 1. The molecular weight excluding hydrogens is 409 g/mol. The molecule has 10 heteroatoms. The Morgan fingerprint density at radius 2 is 1.90 bits per heavy atom. The van der Waals surface area contributed by atoms with E-state index in [1.807, 2.05) is 0 Å². The van der Waals surface area contributed by atoms with Gasteiger partial charge in [-0.15, -0.1) is 0 Å². The molecule has 1 amide bonds. The third-order valence-corrected chi connectivity index (χ3v) is 5.52. The normalized spacial score (nSPS) is 13.6. The monoisotopic (exact) mass is 426 g/mol. The standard InChI is InChI=1S/C21H17F3N6O/c1-11-19(30-17(26-11)4-3-6-25-30)21(31)29-7-5-13-16(10-29)27-28(2)20(13)12-8-14(22)18(24)15(23)9-12/h3-4,6,8-9H,5,7,10H2,1-2H3. The molecule has 0 radical (unpaired) electrons. The van der Waals surface area contributed by atoms with Gasteiger partial charge in [-0.05, 0) is 37.6 Å². The van der Waals surface area contributed by atoms with Crippen molar-refractivity contribution in [3.8, 4) is 11.3 Å². The Bertz CT molecular complexity index is 1340. The van der Waals surface area contributed by atoms with Gasteiger partial charge in [-0.25, -0.2) is 22.7 Å². The molecule has 3 aromatic heterocycles. The summed E-state index contributed by atoms with van der Waals surface area (Å²) in [6, 6.07) is 5.44. The minimum absolute atomic E-state index is 0.203. The van der Waals surface area contributed by atoms with E-state index in [1.54, 1.807) is 37.2 Å². The molecule has 0 aliphatic carbocycles. The van der Waals surface area contributed by atoms with Crippen molar-refractivity contribution in [2.45, 2.75) is 19.9 Å². The van der Waals surface area contributed by atoms with Gasteiger partial charge in [-0.1, -0.05) is 0 Å². The zero-order chi connectivity index (χ0) is 21.9. The topological polar surface area (TPSA) is 68.3 Å². The van der Waals surface area contributed by atoms with Crippen LogP contribution in [-0.2, 0) is 20.0 Å². The number of hydrogen-bond donors (Lipinski definition) is 0. The van der Waals surface area contributed by atoms with E-state index >= 15 is 0 Å². The fourth-order valence-electron chi connectivity index (χ4n) is 4.14. The average Bonchev–Trinajstić information content (AvgIpc) is 3.25. The molecule has 1 aliphatic heterocycles. The third-order valence-electron chi connectivity index (χ3n) is 5.52. The number of benzene rings is 1. The van der Waals surface area contributed by atoms with Crippen LogP contribution in [0, 0.1) is 24.4 Å². The maximum atomic E-state index is 13.8. The largest absolute Gasteiger partial charge is 0.331 e. The van der Waals surface area contributed by atoms with Crippen LogP contribution in [0.4, 0.5) is 13.2 Å². The van der Waals surface area contributed by atoms with E-state index in [0.29, 0.717) is 41.4 Å². The van der Waals surface area contributed by atoms with Gasteiger partial charge in [0.15, 0.2) is 28.8 Å². The van der Waals surface area contributed by atoms with Crippen molar-refractivity contribution in [1.82, 2.24) is 29.3 Å². The predicted octanol–water partition coefficient (Wildman–Crippen LogP) is 3.05. The Hall–Kier alpha value is -3.69. The van der Waals surface area contributed by atoms with E-state index in [2.05, 4.69) is 15.2 Å². The van der Waals surface area contributed by atoms with Crippen molar-refractivity contribution in [2.75, 3.05) is 6.54 Å². The first-order chi connectivity index (χ1) is 14.8. The van der Waals surface area contributed by atoms with Crippen LogP contribution >= 0.6 is 0 Å². The van der Waals surface area contributed by atoms with Crippen LogP contribution in [0.5, 0.6) is 0 Å². The summed E-state index contributed by atoms with van der Waals surface area (Å²) in [5, 5.41) is 8.68. The van der Waals surface area contributed by atoms with E-state index < -0.39 is 17.5 Å². The first-order valence-electron chi connectivity index (χ1n) is 9.64. The van der Waals surface area contributed by atoms with Crippen LogP contribution in [0.25, 0.3) is 16.9 Å². The summed E-state index contributed by atoms with van der Waals surface area (Å²) < 4.78 is 44.0. The molecule has 0 bridgehead atoms. The molecule has 0 spiro atoms. The zero-order valence-electron chi connectivity index (χ0n) is 16.7. The number of aromatic nitrogens is 5. The van der Waals surface area contributed by atoms with E-state index in [4.69, 9.17) is 0 Å². The van der Waals surface area contributed by atoms with Crippen molar-refractivity contribution in [2.24, 2.45) is 7.05 Å². The molecule has 31 heavy (non-hydrogen) atoms. The van der Waals surface area contributed by atoms with E-state index in [0.717, 1.165) is 17.7 Å². The number of imidazole rings is 1. The number of carbonyl (C=O) groups excluding carboxylic acids is 1. The minimum atomic E-state index is -1.51. The molecule has 7 nitrogen and oxygen atoms in total. The summed E-state index contributed by atoms with van der Waals surface area (Å²) in [4.78, 5) is 19.3. The molecule has 4 heterocycles. The van der Waals surface area contributed by atoms with Gasteiger partial charge in [0.2, 0.25) is 0 Å². The third kappa shape index (κ3) is 2.97. The maximum absolute atomic E-state index is 13.8. The number of rotatable bonds is 2. The fourth-order valence-corrected chi connectivity index (χ4v) is 4.14. The number of nitrogens with zero attached hydrogens (tertiary/aromatic N) is 6. The van der Waals surface area contributed by atoms with E-state index in [-0.39, 0.29) is 18.0 Å². The second-order valence-electron chi connectivity index (χ2n) is 7.47. The molecule has 0 saturated heterocycles. The first-order valence-corrected chi connectivity index (χ1v) is 9.64. The highest BCUT2D eigenvalue weighted by molar-refractivity contribution is 5.94. The number of halogens is 3. The molecule has 158 valence electrons. The molecule has 0 atom stereocenters. The van der Waals surface area contributed by atoms with Crippen LogP contribution in [-0.4, -0.2) is 41.7 Å². The Balaban J connectivity index is 1.50. The molecule has 0 N–H and O–H groups in total. The lowest BCUT2D eigenvalue weighted by atomic mass is 9.99. The average molecular weight is 426 g/mol. The van der Waals surface area contributed by atoms with Gasteiger partial charge in [-0.2, -0.15) is 10.2 Å². The minimum Gasteiger partial charge on any atom is -0.331 e. The predicted molar refractivity (Wildman–Crippen MR) is 105 cm³/mol. The Labute approximate surface area is 174 Å². The quantitative estimate of drug-likeness (QED) is 0.462. The number of hydrogen-bond acceptors (Lipinski definition) is 4. The lowest BCUT2D eigenvalue weighted by Crippen LogP contribution is -2.37. The molecule has 5 rings (SSSR count). The fraction of sp³-hybridized carbons (Fsp3) is 0.238. The molecular formula is C21H17F3N6O. The van der Waals surface area contributed by atoms with Gasteiger partial charge in [0.25, 0.3) is 5.91 Å². The molecule has 4 aromatic rings. The lowest BCUT2D eigenvalue weighted by Gasteiger charge is -2.26. The summed E-state index contributed by atoms with van der Waals surface area (Å²) >= 11 is 0.